The van der Waals surface area contributed by atoms with Crippen LogP contribution in [0.5, 0.6) is 11.5 Å². The number of allylic oxidation sites excluding steroid dienone is 2. The Bertz CT molecular complexity index is 1850. The van der Waals surface area contributed by atoms with Gasteiger partial charge in [0.2, 0.25) is 23.6 Å². The average molecular weight is 646 g/mol. The fourth-order valence-electron chi connectivity index (χ4n) is 7.80. The van der Waals surface area contributed by atoms with Gasteiger partial charge in [-0.05, 0) is 85.7 Å². The molecule has 4 amide bonds. The van der Waals surface area contributed by atoms with Gasteiger partial charge in [-0.1, -0.05) is 53.1 Å². The number of carbonyl (C=O) groups excluding carboxylic acids is 4. The number of ether oxygens (including phenoxy) is 1. The molecule has 1 saturated carbocycles. The lowest BCUT2D eigenvalue weighted by Crippen LogP contribution is -2.43. The van der Waals surface area contributed by atoms with Gasteiger partial charge in [0, 0.05) is 16.0 Å². The number of amides is 4. The van der Waals surface area contributed by atoms with Crippen molar-refractivity contribution in [2.24, 2.45) is 29.6 Å². The highest BCUT2D eigenvalue weighted by Gasteiger charge is 2.62. The number of aromatic hydroxyl groups is 1. The molecule has 2 saturated heterocycles. The van der Waals surface area contributed by atoms with Crippen LogP contribution in [0.3, 0.4) is 0 Å². The van der Waals surface area contributed by atoms with Crippen LogP contribution < -0.4 is 14.5 Å². The summed E-state index contributed by atoms with van der Waals surface area (Å²) < 4.78 is 5.41. The molecule has 3 fully saturated rings. The van der Waals surface area contributed by atoms with E-state index in [0.29, 0.717) is 33.4 Å². The molecule has 6 atom stereocenters. The van der Waals surface area contributed by atoms with Gasteiger partial charge in [-0.15, -0.1) is 0 Å². The SMILES string of the molecule is COc1cc([C@H]2C3=CC[C@@H]4C(=O)N(c5ccc(C)c(Cl)c5)C(=O)[C@@H]4[C@@H]3C[C@H]3C(=O)N(c4ccc(C)c(Cl)c4)C(=O)[C@@H]23)ccc1O. The van der Waals surface area contributed by atoms with E-state index in [1.165, 1.54) is 23.0 Å². The lowest BCUT2D eigenvalue weighted by molar-refractivity contribution is -0.126. The highest BCUT2D eigenvalue weighted by Crippen LogP contribution is 2.59. The van der Waals surface area contributed by atoms with E-state index in [1.54, 1.807) is 48.5 Å². The highest BCUT2D eigenvalue weighted by molar-refractivity contribution is 6.33. The predicted octanol–water partition coefficient (Wildman–Crippen LogP) is 6.37. The van der Waals surface area contributed by atoms with Crippen LogP contribution in [0.2, 0.25) is 10.0 Å². The summed E-state index contributed by atoms with van der Waals surface area (Å²) >= 11 is 12.8. The van der Waals surface area contributed by atoms with Crippen molar-refractivity contribution in [3.63, 3.8) is 0 Å². The lowest BCUT2D eigenvalue weighted by atomic mass is 9.57. The quantitative estimate of drug-likeness (QED) is 0.261. The molecule has 3 aromatic carbocycles. The topological polar surface area (TPSA) is 104 Å². The number of halogens is 2. The van der Waals surface area contributed by atoms with Gasteiger partial charge in [0.25, 0.3) is 0 Å². The molecule has 1 N–H and O–H groups in total. The monoisotopic (exact) mass is 644 g/mol. The van der Waals surface area contributed by atoms with Crippen LogP contribution in [0.25, 0.3) is 0 Å². The van der Waals surface area contributed by atoms with E-state index >= 15 is 0 Å². The minimum atomic E-state index is -0.759. The molecule has 0 aromatic heterocycles. The van der Waals surface area contributed by atoms with Gasteiger partial charge < -0.3 is 9.84 Å². The minimum absolute atomic E-state index is 0.0587. The Morgan fingerprint density at radius 1 is 0.733 bits per heavy atom. The third-order valence-electron chi connectivity index (χ3n) is 10.0. The lowest BCUT2D eigenvalue weighted by Gasteiger charge is -2.44. The molecule has 0 bridgehead atoms. The van der Waals surface area contributed by atoms with Gasteiger partial charge in [0.05, 0.1) is 42.2 Å². The van der Waals surface area contributed by atoms with Crippen LogP contribution >= 0.6 is 23.2 Å². The number of nitrogens with zero attached hydrogens (tertiary/aromatic N) is 2. The molecule has 0 spiro atoms. The Kier molecular flexibility index (Phi) is 7.06. The molecule has 10 heteroatoms. The van der Waals surface area contributed by atoms with E-state index in [1.807, 2.05) is 19.9 Å². The number of phenols is 1. The molecule has 45 heavy (non-hydrogen) atoms. The van der Waals surface area contributed by atoms with Gasteiger partial charge in [-0.3, -0.25) is 19.2 Å². The molecule has 0 radical (unpaired) electrons. The molecule has 8 nitrogen and oxygen atoms in total. The number of rotatable bonds is 4. The number of phenolic OH excluding ortho intramolecular Hbond substituents is 1. The summed E-state index contributed by atoms with van der Waals surface area (Å²) in [6.07, 6.45) is 2.54. The first kappa shape index (κ1) is 29.6. The highest BCUT2D eigenvalue weighted by atomic mass is 35.5. The van der Waals surface area contributed by atoms with Crippen molar-refractivity contribution in [1.29, 1.82) is 0 Å². The fourth-order valence-corrected chi connectivity index (χ4v) is 8.15. The van der Waals surface area contributed by atoms with E-state index in [4.69, 9.17) is 27.9 Å². The molecule has 4 aliphatic rings. The molecule has 230 valence electrons. The van der Waals surface area contributed by atoms with Crippen molar-refractivity contribution in [1.82, 2.24) is 0 Å². The number of aryl methyl sites for hydroxylation is 2. The summed E-state index contributed by atoms with van der Waals surface area (Å²) in [5.41, 5.74) is 3.98. The Morgan fingerprint density at radius 3 is 1.89 bits per heavy atom. The van der Waals surface area contributed by atoms with Crippen LogP contribution in [0.15, 0.2) is 66.2 Å². The third kappa shape index (κ3) is 4.41. The zero-order valence-corrected chi connectivity index (χ0v) is 26.3. The molecule has 0 unspecified atom stereocenters. The number of carbonyl (C=O) groups is 4. The zero-order valence-electron chi connectivity index (χ0n) is 24.8. The number of methoxy groups -OCH3 is 1. The zero-order chi connectivity index (χ0) is 31.9. The van der Waals surface area contributed by atoms with Crippen molar-refractivity contribution in [3.8, 4) is 11.5 Å². The van der Waals surface area contributed by atoms with Crippen LogP contribution in [0.1, 0.15) is 35.4 Å². The van der Waals surface area contributed by atoms with E-state index in [0.717, 1.165) is 16.7 Å². The standard InChI is InChI=1S/C35H30Cl2N2O6/c1-16-4-7-19(13-25(16)36)38-32(41)22-10-9-21-23(30(22)34(38)43)15-24-31(29(21)18-6-11-27(40)28(12-18)45-3)35(44)39(33(24)42)20-8-5-17(2)26(37)14-20/h4-9,11-14,22-24,29-31,40H,10,15H2,1-3H3/t22-,23+,24+,29-,30-,31+/m0/s1. The van der Waals surface area contributed by atoms with E-state index in [-0.39, 0.29) is 41.5 Å². The van der Waals surface area contributed by atoms with Crippen LogP contribution in [0, 0.1) is 43.4 Å². The summed E-state index contributed by atoms with van der Waals surface area (Å²) in [4.78, 5) is 58.9. The number of anilines is 2. The molecule has 2 aliphatic carbocycles. The third-order valence-corrected chi connectivity index (χ3v) is 10.9. The van der Waals surface area contributed by atoms with Gasteiger partial charge in [0.1, 0.15) is 0 Å². The minimum Gasteiger partial charge on any atom is -0.504 e. The first-order chi connectivity index (χ1) is 21.5. The summed E-state index contributed by atoms with van der Waals surface area (Å²) in [6, 6.07) is 15.1. The smallest absolute Gasteiger partial charge is 0.238 e. The molecule has 2 aliphatic heterocycles. The van der Waals surface area contributed by atoms with Crippen molar-refractivity contribution >= 4 is 58.2 Å². The maximum absolute atomic E-state index is 14.3. The maximum atomic E-state index is 14.3. The molecular weight excluding hydrogens is 615 g/mol. The van der Waals surface area contributed by atoms with Crippen molar-refractivity contribution in [2.45, 2.75) is 32.6 Å². The Morgan fingerprint density at radius 2 is 1.31 bits per heavy atom. The number of hydrogen-bond donors (Lipinski definition) is 1. The first-order valence-corrected chi connectivity index (χ1v) is 15.6. The van der Waals surface area contributed by atoms with Gasteiger partial charge in [-0.25, -0.2) is 9.80 Å². The average Bonchev–Trinajstić information content (AvgIpc) is 3.43. The van der Waals surface area contributed by atoms with Crippen LogP contribution in [-0.4, -0.2) is 35.8 Å². The van der Waals surface area contributed by atoms with Crippen LogP contribution in [0.4, 0.5) is 11.4 Å². The van der Waals surface area contributed by atoms with E-state index in [2.05, 4.69) is 0 Å². The molecule has 3 aromatic rings. The summed E-state index contributed by atoms with van der Waals surface area (Å²) in [7, 11) is 1.44. The molecule has 7 rings (SSSR count). The van der Waals surface area contributed by atoms with Gasteiger partial charge in [-0.2, -0.15) is 0 Å². The number of imide groups is 2. The summed E-state index contributed by atoms with van der Waals surface area (Å²) in [6.45, 7) is 3.69. The van der Waals surface area contributed by atoms with E-state index in [9.17, 15) is 24.3 Å². The van der Waals surface area contributed by atoms with Crippen molar-refractivity contribution in [3.05, 3.63) is 93.0 Å². The van der Waals surface area contributed by atoms with Crippen molar-refractivity contribution < 1.29 is 29.0 Å². The Labute approximate surface area is 270 Å². The Hall–Kier alpha value is -4.14. The number of hydrogen-bond acceptors (Lipinski definition) is 6. The molecule has 2 heterocycles. The second-order valence-electron chi connectivity index (χ2n) is 12.3. The van der Waals surface area contributed by atoms with Crippen LogP contribution in [-0.2, 0) is 19.2 Å². The normalized spacial score (nSPS) is 27.4. The first-order valence-electron chi connectivity index (χ1n) is 14.9. The summed E-state index contributed by atoms with van der Waals surface area (Å²) in [5.74, 6) is -5.02. The largest absolute Gasteiger partial charge is 0.504 e. The number of benzene rings is 3. The molecular formula is C35H30Cl2N2O6. The summed E-state index contributed by atoms with van der Waals surface area (Å²) in [5, 5.41) is 11.3. The van der Waals surface area contributed by atoms with Crippen molar-refractivity contribution in [2.75, 3.05) is 16.9 Å². The van der Waals surface area contributed by atoms with E-state index < -0.39 is 35.5 Å². The second-order valence-corrected chi connectivity index (χ2v) is 13.2. The van der Waals surface area contributed by atoms with Gasteiger partial charge in [0.15, 0.2) is 11.5 Å². The van der Waals surface area contributed by atoms with Gasteiger partial charge >= 0.3 is 0 Å². The second kappa shape index (κ2) is 10.7. The number of fused-ring (bicyclic) bond motifs is 4. The maximum Gasteiger partial charge on any atom is 0.238 e. The fraction of sp³-hybridized carbons (Fsp3) is 0.314. The predicted molar refractivity (Wildman–Crippen MR) is 170 cm³/mol. The Balaban J connectivity index is 1.34.